The molecule has 0 aromatic carbocycles. The van der Waals surface area contributed by atoms with Crippen LogP contribution >= 0.6 is 11.3 Å². The number of thiazole rings is 1. The number of rotatable bonds is 7. The van der Waals surface area contributed by atoms with Crippen molar-refractivity contribution in [2.24, 2.45) is 11.8 Å². The van der Waals surface area contributed by atoms with Gasteiger partial charge in [0.25, 0.3) is 0 Å². The molecule has 6 rings (SSSR count). The lowest BCUT2D eigenvalue weighted by Crippen LogP contribution is -2.35. The molecule has 10 heteroatoms. The van der Waals surface area contributed by atoms with Crippen molar-refractivity contribution in [1.29, 1.82) is 0 Å². The first kappa shape index (κ1) is 22.1. The van der Waals surface area contributed by atoms with Crippen molar-refractivity contribution in [2.75, 3.05) is 23.8 Å². The summed E-state index contributed by atoms with van der Waals surface area (Å²) in [5.74, 6) is 1.40. The summed E-state index contributed by atoms with van der Waals surface area (Å²) in [6.45, 7) is 6.80. The first-order valence-corrected chi connectivity index (χ1v) is 12.8. The van der Waals surface area contributed by atoms with Crippen molar-refractivity contribution in [3.8, 4) is 10.6 Å². The molecule has 3 aromatic rings. The van der Waals surface area contributed by atoms with Gasteiger partial charge in [-0.25, -0.2) is 9.97 Å². The third kappa shape index (κ3) is 4.13. The summed E-state index contributed by atoms with van der Waals surface area (Å²) in [6.07, 6.45) is 6.50. The monoisotopic (exact) mass is 482 g/mol. The van der Waals surface area contributed by atoms with Gasteiger partial charge in [0.1, 0.15) is 22.4 Å². The Balaban J connectivity index is 1.37. The molecule has 4 atom stereocenters. The second-order valence-electron chi connectivity index (χ2n) is 10.0. The van der Waals surface area contributed by atoms with E-state index in [1.54, 1.807) is 23.7 Å². The van der Waals surface area contributed by atoms with Gasteiger partial charge < -0.3 is 25.2 Å². The molecule has 3 aliphatic rings. The molecular formula is C24H30N6O3S. The molecule has 3 fully saturated rings. The Hall–Kier alpha value is -2.40. The van der Waals surface area contributed by atoms with Gasteiger partial charge in [0, 0.05) is 25.3 Å². The van der Waals surface area contributed by atoms with Gasteiger partial charge >= 0.3 is 0 Å². The molecule has 180 valence electrons. The van der Waals surface area contributed by atoms with Gasteiger partial charge in [-0.05, 0) is 52.0 Å². The van der Waals surface area contributed by atoms with E-state index in [0.717, 1.165) is 45.3 Å². The molecular weight excluding hydrogens is 452 g/mol. The number of hydrogen-bond acceptors (Lipinski definition) is 10. The highest BCUT2D eigenvalue weighted by Crippen LogP contribution is 2.44. The van der Waals surface area contributed by atoms with Crippen LogP contribution in [0.5, 0.6) is 0 Å². The van der Waals surface area contributed by atoms with E-state index in [1.165, 1.54) is 12.8 Å². The first-order chi connectivity index (χ1) is 16.4. The Morgan fingerprint density at radius 3 is 2.76 bits per heavy atom. The fourth-order valence-electron chi connectivity index (χ4n) is 5.04. The third-order valence-electron chi connectivity index (χ3n) is 6.88. The molecule has 2 aliphatic carbocycles. The van der Waals surface area contributed by atoms with Gasteiger partial charge in [0.05, 0.1) is 34.3 Å². The van der Waals surface area contributed by atoms with Gasteiger partial charge in [-0.3, -0.25) is 4.98 Å². The summed E-state index contributed by atoms with van der Waals surface area (Å²) >= 11 is 1.61. The molecule has 1 aliphatic heterocycles. The maximum Gasteiger partial charge on any atom is 0.224 e. The van der Waals surface area contributed by atoms with Crippen LogP contribution < -0.4 is 10.6 Å². The SMILES string of the molecule is Cc1nc(NCC2CC2)nc(NC2CC(CO)C3OC(C)(C)OC23)c1-c1nc2cnccc2s1. The lowest BCUT2D eigenvalue weighted by Gasteiger charge is -2.25. The minimum atomic E-state index is -0.676. The number of aryl methyl sites for hydroxylation is 1. The topological polar surface area (TPSA) is 114 Å². The first-order valence-electron chi connectivity index (χ1n) is 12.0. The normalized spacial score (nSPS) is 27.8. The molecule has 0 amide bonds. The zero-order valence-corrected chi connectivity index (χ0v) is 20.4. The Bertz CT molecular complexity index is 1180. The minimum Gasteiger partial charge on any atom is -0.396 e. The van der Waals surface area contributed by atoms with Gasteiger partial charge in [0.15, 0.2) is 5.79 Å². The van der Waals surface area contributed by atoms with Crippen LogP contribution in [0.3, 0.4) is 0 Å². The predicted octanol–water partition coefficient (Wildman–Crippen LogP) is 3.59. The Labute approximate surface area is 202 Å². The molecule has 3 N–H and O–H groups in total. The standard InChI is InChI=1S/C24H30N6O3S/c1-12-18(22-29-16-10-25-7-6-17(16)34-22)21(30-23(27-12)26-9-13-4-5-13)28-15-8-14(11-31)19-20(15)33-24(2,3)32-19/h6-7,10,13-15,19-20,31H,4-5,8-9,11H2,1-3H3,(H2,26,27,28,30). The highest BCUT2D eigenvalue weighted by atomic mass is 32.1. The van der Waals surface area contributed by atoms with E-state index < -0.39 is 5.79 Å². The number of nitrogens with one attached hydrogen (secondary N) is 2. The number of fused-ring (bicyclic) bond motifs is 2. The van der Waals surface area contributed by atoms with Gasteiger partial charge in [-0.1, -0.05) is 0 Å². The van der Waals surface area contributed by atoms with E-state index in [1.807, 2.05) is 26.8 Å². The average Bonchev–Trinajstić information content (AvgIpc) is 3.33. The van der Waals surface area contributed by atoms with E-state index in [-0.39, 0.29) is 30.8 Å². The van der Waals surface area contributed by atoms with Crippen molar-refractivity contribution in [3.05, 3.63) is 24.2 Å². The van der Waals surface area contributed by atoms with E-state index in [2.05, 4.69) is 15.6 Å². The zero-order chi connectivity index (χ0) is 23.4. The molecule has 0 bridgehead atoms. The van der Waals surface area contributed by atoms with Gasteiger partial charge in [0.2, 0.25) is 5.95 Å². The van der Waals surface area contributed by atoms with Crippen molar-refractivity contribution < 1.29 is 14.6 Å². The minimum absolute atomic E-state index is 0.0108. The Morgan fingerprint density at radius 2 is 2.00 bits per heavy atom. The summed E-state index contributed by atoms with van der Waals surface area (Å²) in [6, 6.07) is 1.93. The van der Waals surface area contributed by atoms with Gasteiger partial charge in [-0.2, -0.15) is 4.98 Å². The molecule has 0 spiro atoms. The maximum absolute atomic E-state index is 9.98. The summed E-state index contributed by atoms with van der Waals surface area (Å²) in [4.78, 5) is 18.7. The molecule has 4 heterocycles. The van der Waals surface area contributed by atoms with Crippen LogP contribution in [0.2, 0.25) is 0 Å². The molecule has 3 aromatic heterocycles. The zero-order valence-electron chi connectivity index (χ0n) is 19.6. The number of hydrogen-bond donors (Lipinski definition) is 3. The van der Waals surface area contributed by atoms with Crippen LogP contribution in [0, 0.1) is 18.8 Å². The fourth-order valence-corrected chi connectivity index (χ4v) is 6.07. The van der Waals surface area contributed by atoms with Crippen LogP contribution in [0.15, 0.2) is 18.5 Å². The van der Waals surface area contributed by atoms with Crippen molar-refractivity contribution >= 4 is 33.3 Å². The lowest BCUT2D eigenvalue weighted by atomic mass is 10.1. The molecule has 2 saturated carbocycles. The van der Waals surface area contributed by atoms with Crippen molar-refractivity contribution in [3.63, 3.8) is 0 Å². The van der Waals surface area contributed by atoms with Crippen molar-refractivity contribution in [2.45, 2.75) is 64.1 Å². The van der Waals surface area contributed by atoms with Gasteiger partial charge in [-0.15, -0.1) is 11.3 Å². The number of aromatic nitrogens is 4. The quantitative estimate of drug-likeness (QED) is 0.465. The second kappa shape index (κ2) is 8.37. The number of pyridine rings is 1. The largest absolute Gasteiger partial charge is 0.396 e. The molecule has 34 heavy (non-hydrogen) atoms. The second-order valence-corrected chi connectivity index (χ2v) is 11.1. The Morgan fingerprint density at radius 1 is 1.18 bits per heavy atom. The fraction of sp³-hybridized carbons (Fsp3) is 0.583. The van der Waals surface area contributed by atoms with Crippen LogP contribution in [-0.4, -0.2) is 62.2 Å². The van der Waals surface area contributed by atoms with Crippen molar-refractivity contribution in [1.82, 2.24) is 19.9 Å². The van der Waals surface area contributed by atoms with Crippen LogP contribution in [0.1, 0.15) is 38.8 Å². The number of nitrogens with zero attached hydrogens (tertiary/aromatic N) is 4. The predicted molar refractivity (Wildman–Crippen MR) is 131 cm³/mol. The smallest absolute Gasteiger partial charge is 0.224 e. The van der Waals surface area contributed by atoms with Crippen LogP contribution in [0.4, 0.5) is 11.8 Å². The van der Waals surface area contributed by atoms with E-state index >= 15 is 0 Å². The Kier molecular flexibility index (Phi) is 5.44. The maximum atomic E-state index is 9.98. The van der Waals surface area contributed by atoms with E-state index in [9.17, 15) is 5.11 Å². The van der Waals surface area contributed by atoms with E-state index in [0.29, 0.717) is 11.9 Å². The highest BCUT2D eigenvalue weighted by Gasteiger charge is 2.54. The highest BCUT2D eigenvalue weighted by molar-refractivity contribution is 7.21. The molecule has 1 saturated heterocycles. The van der Waals surface area contributed by atoms with Crippen LogP contribution in [-0.2, 0) is 9.47 Å². The third-order valence-corrected chi connectivity index (χ3v) is 7.93. The molecule has 4 unspecified atom stereocenters. The molecule has 0 radical (unpaired) electrons. The number of ether oxygens (including phenoxy) is 2. The summed E-state index contributed by atoms with van der Waals surface area (Å²) < 4.78 is 13.5. The summed E-state index contributed by atoms with van der Waals surface area (Å²) in [5, 5.41) is 17.9. The lowest BCUT2D eigenvalue weighted by molar-refractivity contribution is -0.158. The number of aliphatic hydroxyl groups is 1. The van der Waals surface area contributed by atoms with Crippen LogP contribution in [0.25, 0.3) is 20.8 Å². The summed E-state index contributed by atoms with van der Waals surface area (Å²) in [5.41, 5.74) is 2.61. The molecule has 9 nitrogen and oxygen atoms in total. The average molecular weight is 483 g/mol. The summed E-state index contributed by atoms with van der Waals surface area (Å²) in [7, 11) is 0. The number of anilines is 2. The number of aliphatic hydroxyl groups excluding tert-OH is 1. The van der Waals surface area contributed by atoms with E-state index in [4.69, 9.17) is 24.4 Å².